The molecule has 152 valence electrons. The number of halogens is 4. The number of hydrogen-bond donors (Lipinski definition) is 1. The molecule has 1 aromatic heterocycles. The summed E-state index contributed by atoms with van der Waals surface area (Å²) in [5.74, 6) is -1.11. The lowest BCUT2D eigenvalue weighted by atomic mass is 10.2. The zero-order valence-electron chi connectivity index (χ0n) is 15.0. The van der Waals surface area contributed by atoms with E-state index in [9.17, 15) is 18.0 Å². The number of carbonyl (C=O) groups is 1. The first-order valence-electron chi connectivity index (χ1n) is 8.26. The minimum absolute atomic E-state index is 0.000373. The van der Waals surface area contributed by atoms with E-state index in [2.05, 4.69) is 15.2 Å². The van der Waals surface area contributed by atoms with E-state index in [1.54, 1.807) is 12.3 Å². The van der Waals surface area contributed by atoms with E-state index >= 15 is 0 Å². The average Bonchev–Trinajstić information content (AvgIpc) is 3.10. The van der Waals surface area contributed by atoms with Crippen LogP contribution in [0.4, 0.5) is 18.9 Å². The second-order valence-corrected chi connectivity index (χ2v) is 6.27. The lowest BCUT2D eigenvalue weighted by Crippen LogP contribution is -2.12. The summed E-state index contributed by atoms with van der Waals surface area (Å²) in [6.07, 6.45) is 3.00. The standard InChI is InChI=1S/C19H15ClF3N3O3/c1-28-17-6-11(3-5-16(17)29-19(22)23)18(27)25-14-8-24-26(10-14)9-12-2-4-13(21)7-15(12)20/h2-8,10,19H,9H2,1H3,(H,25,27). The summed E-state index contributed by atoms with van der Waals surface area (Å²) in [6.45, 7) is -2.73. The SMILES string of the molecule is COc1cc(C(=O)Nc2cnn(Cc3ccc(F)cc3Cl)c2)ccc1OC(F)F. The van der Waals surface area contributed by atoms with Gasteiger partial charge >= 0.3 is 6.61 Å². The van der Waals surface area contributed by atoms with Crippen molar-refractivity contribution in [2.75, 3.05) is 12.4 Å². The van der Waals surface area contributed by atoms with E-state index in [-0.39, 0.29) is 28.6 Å². The van der Waals surface area contributed by atoms with Crippen molar-refractivity contribution in [2.45, 2.75) is 13.2 Å². The number of nitrogens with one attached hydrogen (secondary N) is 1. The van der Waals surface area contributed by atoms with Gasteiger partial charge in [-0.2, -0.15) is 13.9 Å². The Labute approximate surface area is 168 Å². The smallest absolute Gasteiger partial charge is 0.387 e. The third-order valence-corrected chi connectivity index (χ3v) is 4.23. The second-order valence-electron chi connectivity index (χ2n) is 5.86. The maximum atomic E-state index is 13.1. The van der Waals surface area contributed by atoms with Crippen molar-refractivity contribution in [2.24, 2.45) is 0 Å². The molecule has 0 aliphatic heterocycles. The summed E-state index contributed by atoms with van der Waals surface area (Å²) in [7, 11) is 1.28. The Bertz CT molecular complexity index is 1030. The molecule has 0 saturated carbocycles. The van der Waals surface area contributed by atoms with Gasteiger partial charge in [0.05, 0.1) is 25.5 Å². The number of anilines is 1. The fourth-order valence-corrected chi connectivity index (χ4v) is 2.77. The van der Waals surface area contributed by atoms with Gasteiger partial charge in [0.25, 0.3) is 5.91 Å². The first-order chi connectivity index (χ1) is 13.9. The number of aromatic nitrogens is 2. The summed E-state index contributed by atoms with van der Waals surface area (Å²) < 4.78 is 48.7. The predicted molar refractivity (Wildman–Crippen MR) is 100 cm³/mol. The molecule has 3 aromatic rings. The molecule has 0 radical (unpaired) electrons. The maximum absolute atomic E-state index is 13.1. The number of methoxy groups -OCH3 is 1. The number of ether oxygens (including phenoxy) is 2. The molecule has 0 aliphatic carbocycles. The molecule has 0 saturated heterocycles. The highest BCUT2D eigenvalue weighted by Crippen LogP contribution is 2.29. The van der Waals surface area contributed by atoms with Crippen LogP contribution in [0.15, 0.2) is 48.8 Å². The molecule has 6 nitrogen and oxygen atoms in total. The van der Waals surface area contributed by atoms with Gasteiger partial charge in [-0.1, -0.05) is 17.7 Å². The molecule has 0 spiro atoms. The van der Waals surface area contributed by atoms with Crippen LogP contribution >= 0.6 is 11.6 Å². The van der Waals surface area contributed by atoms with Crippen molar-refractivity contribution in [3.05, 3.63) is 70.8 Å². The Balaban J connectivity index is 1.70. The van der Waals surface area contributed by atoms with Crippen LogP contribution in [0.3, 0.4) is 0 Å². The fourth-order valence-electron chi connectivity index (χ4n) is 2.54. The molecule has 1 heterocycles. The van der Waals surface area contributed by atoms with Crippen LogP contribution in [0, 0.1) is 5.82 Å². The number of carbonyl (C=O) groups excluding carboxylic acids is 1. The summed E-state index contributed by atoms with van der Waals surface area (Å²) in [5, 5.41) is 7.03. The van der Waals surface area contributed by atoms with Crippen LogP contribution < -0.4 is 14.8 Å². The quantitative estimate of drug-likeness (QED) is 0.601. The predicted octanol–water partition coefficient (Wildman–Crippen LogP) is 4.59. The molecule has 2 aromatic carbocycles. The van der Waals surface area contributed by atoms with E-state index in [1.165, 1.54) is 48.3 Å². The molecule has 0 fully saturated rings. The molecule has 1 N–H and O–H groups in total. The topological polar surface area (TPSA) is 65.4 Å². The number of nitrogens with zero attached hydrogens (tertiary/aromatic N) is 2. The largest absolute Gasteiger partial charge is 0.493 e. The van der Waals surface area contributed by atoms with Gasteiger partial charge in [-0.15, -0.1) is 0 Å². The van der Waals surface area contributed by atoms with Gasteiger partial charge < -0.3 is 14.8 Å². The average molecular weight is 426 g/mol. The Hall–Kier alpha value is -3.20. The summed E-state index contributed by atoms with van der Waals surface area (Å²) in [5.41, 5.74) is 1.24. The molecule has 10 heteroatoms. The van der Waals surface area contributed by atoms with Crippen molar-refractivity contribution in [1.82, 2.24) is 9.78 Å². The lowest BCUT2D eigenvalue weighted by Gasteiger charge is -2.11. The van der Waals surface area contributed by atoms with Gasteiger partial charge in [0.1, 0.15) is 5.82 Å². The van der Waals surface area contributed by atoms with E-state index in [0.29, 0.717) is 11.3 Å². The van der Waals surface area contributed by atoms with E-state index < -0.39 is 18.3 Å². The van der Waals surface area contributed by atoms with Crippen LogP contribution in [0.1, 0.15) is 15.9 Å². The Kier molecular flexibility index (Phi) is 6.28. The zero-order chi connectivity index (χ0) is 21.0. The molecule has 0 aliphatic rings. The monoisotopic (exact) mass is 425 g/mol. The van der Waals surface area contributed by atoms with Crippen LogP contribution in [0.5, 0.6) is 11.5 Å². The number of hydrogen-bond acceptors (Lipinski definition) is 4. The van der Waals surface area contributed by atoms with Crippen molar-refractivity contribution in [3.8, 4) is 11.5 Å². The van der Waals surface area contributed by atoms with Gasteiger partial charge in [-0.25, -0.2) is 4.39 Å². The Morgan fingerprint density at radius 3 is 2.72 bits per heavy atom. The van der Waals surface area contributed by atoms with Gasteiger partial charge in [0, 0.05) is 16.8 Å². The first kappa shape index (κ1) is 20.5. The van der Waals surface area contributed by atoms with Gasteiger partial charge in [0.15, 0.2) is 11.5 Å². The molecule has 0 bridgehead atoms. The van der Waals surface area contributed by atoms with E-state index in [1.807, 2.05) is 0 Å². The molecule has 0 atom stereocenters. The highest BCUT2D eigenvalue weighted by Gasteiger charge is 2.15. The van der Waals surface area contributed by atoms with Crippen LogP contribution in [-0.2, 0) is 6.54 Å². The first-order valence-corrected chi connectivity index (χ1v) is 8.64. The highest BCUT2D eigenvalue weighted by molar-refractivity contribution is 6.31. The maximum Gasteiger partial charge on any atom is 0.387 e. The summed E-state index contributed by atoms with van der Waals surface area (Å²) in [6, 6.07) is 7.89. The highest BCUT2D eigenvalue weighted by atomic mass is 35.5. The van der Waals surface area contributed by atoms with Crippen LogP contribution in [0.25, 0.3) is 0 Å². The Morgan fingerprint density at radius 1 is 1.24 bits per heavy atom. The molecule has 29 heavy (non-hydrogen) atoms. The van der Waals surface area contributed by atoms with Crippen molar-refractivity contribution >= 4 is 23.2 Å². The van der Waals surface area contributed by atoms with Crippen molar-refractivity contribution < 1.29 is 27.4 Å². The van der Waals surface area contributed by atoms with Crippen molar-refractivity contribution in [1.29, 1.82) is 0 Å². The third-order valence-electron chi connectivity index (χ3n) is 3.88. The normalized spacial score (nSPS) is 10.8. The minimum atomic E-state index is -3.01. The summed E-state index contributed by atoms with van der Waals surface area (Å²) in [4.78, 5) is 12.4. The summed E-state index contributed by atoms with van der Waals surface area (Å²) >= 11 is 6.00. The van der Waals surface area contributed by atoms with Crippen molar-refractivity contribution in [3.63, 3.8) is 0 Å². The molecular formula is C19H15ClF3N3O3. The lowest BCUT2D eigenvalue weighted by molar-refractivity contribution is -0.0512. The fraction of sp³-hybridized carbons (Fsp3) is 0.158. The van der Waals surface area contributed by atoms with Gasteiger partial charge in [-0.05, 0) is 35.9 Å². The molecule has 1 amide bonds. The number of amides is 1. The van der Waals surface area contributed by atoms with Gasteiger partial charge in [0.2, 0.25) is 0 Å². The zero-order valence-corrected chi connectivity index (χ0v) is 15.8. The third kappa shape index (κ3) is 5.20. The molecule has 0 unspecified atom stereocenters. The van der Waals surface area contributed by atoms with Gasteiger partial charge in [-0.3, -0.25) is 9.48 Å². The van der Waals surface area contributed by atoms with E-state index in [4.69, 9.17) is 16.3 Å². The van der Waals surface area contributed by atoms with Crippen LogP contribution in [0.2, 0.25) is 5.02 Å². The molecular weight excluding hydrogens is 411 g/mol. The number of alkyl halides is 2. The Morgan fingerprint density at radius 2 is 2.03 bits per heavy atom. The second kappa shape index (κ2) is 8.87. The number of rotatable bonds is 7. The van der Waals surface area contributed by atoms with E-state index in [0.717, 1.165) is 0 Å². The minimum Gasteiger partial charge on any atom is -0.493 e. The molecule has 3 rings (SSSR count). The van der Waals surface area contributed by atoms with Crippen LogP contribution in [-0.4, -0.2) is 29.4 Å². The number of benzene rings is 2.